The third-order valence-electron chi connectivity index (χ3n) is 2.87. The third-order valence-corrected chi connectivity index (χ3v) is 2.87. The molecule has 2 aromatic rings. The lowest BCUT2D eigenvalue weighted by molar-refractivity contribution is 0.155. The molecule has 1 aromatic carbocycles. The Morgan fingerprint density at radius 1 is 1.33 bits per heavy atom. The van der Waals surface area contributed by atoms with Crippen molar-refractivity contribution >= 4 is 0 Å². The summed E-state index contributed by atoms with van der Waals surface area (Å²) in [5, 5.41) is 10.1. The normalized spacial score (nSPS) is 12.4. The van der Waals surface area contributed by atoms with Crippen molar-refractivity contribution < 1.29 is 9.84 Å². The number of rotatable bonds is 5. The summed E-state index contributed by atoms with van der Waals surface area (Å²) in [7, 11) is 0. The van der Waals surface area contributed by atoms with Crippen LogP contribution in [0.4, 0.5) is 0 Å². The Morgan fingerprint density at radius 3 is 2.61 bits per heavy atom. The van der Waals surface area contributed by atoms with Crippen LogP contribution >= 0.6 is 0 Å². The first-order valence-electron chi connectivity index (χ1n) is 6.09. The first-order chi connectivity index (χ1) is 8.70. The molecule has 4 heteroatoms. The molecular formula is C14H18N2O2. The minimum Gasteiger partial charge on any atom is -0.494 e. The highest BCUT2D eigenvalue weighted by atomic mass is 16.5. The SMILES string of the molecule is CCOc1ccc(C(O)Cn2ccnc2C)cc1. The van der Waals surface area contributed by atoms with Crippen molar-refractivity contribution in [2.24, 2.45) is 0 Å². The molecule has 4 nitrogen and oxygen atoms in total. The Kier molecular flexibility index (Phi) is 3.99. The Balaban J connectivity index is 2.04. The van der Waals surface area contributed by atoms with Crippen LogP contribution < -0.4 is 4.74 Å². The van der Waals surface area contributed by atoms with E-state index in [1.54, 1.807) is 6.20 Å². The monoisotopic (exact) mass is 246 g/mol. The van der Waals surface area contributed by atoms with E-state index in [2.05, 4.69) is 4.98 Å². The first kappa shape index (κ1) is 12.6. The molecule has 1 aromatic heterocycles. The summed E-state index contributed by atoms with van der Waals surface area (Å²) < 4.78 is 7.30. The van der Waals surface area contributed by atoms with E-state index in [1.807, 2.05) is 48.9 Å². The topological polar surface area (TPSA) is 47.3 Å². The second-order valence-corrected chi connectivity index (χ2v) is 4.14. The van der Waals surface area contributed by atoms with Crippen LogP contribution in [0.2, 0.25) is 0 Å². The van der Waals surface area contributed by atoms with Crippen LogP contribution in [0.25, 0.3) is 0 Å². The molecule has 2 rings (SSSR count). The van der Waals surface area contributed by atoms with Crippen LogP contribution in [0.3, 0.4) is 0 Å². The second kappa shape index (κ2) is 5.69. The lowest BCUT2D eigenvalue weighted by atomic mass is 10.1. The van der Waals surface area contributed by atoms with Gasteiger partial charge in [-0.05, 0) is 31.5 Å². The van der Waals surface area contributed by atoms with Crippen molar-refractivity contribution in [1.29, 1.82) is 0 Å². The van der Waals surface area contributed by atoms with Gasteiger partial charge in [0.2, 0.25) is 0 Å². The maximum Gasteiger partial charge on any atom is 0.119 e. The van der Waals surface area contributed by atoms with Gasteiger partial charge < -0.3 is 14.4 Å². The first-order valence-corrected chi connectivity index (χ1v) is 6.09. The van der Waals surface area contributed by atoms with Gasteiger partial charge in [-0.2, -0.15) is 0 Å². The van der Waals surface area contributed by atoms with E-state index >= 15 is 0 Å². The van der Waals surface area contributed by atoms with Gasteiger partial charge in [-0.3, -0.25) is 0 Å². The molecule has 0 radical (unpaired) electrons. The lowest BCUT2D eigenvalue weighted by Crippen LogP contribution is -2.09. The van der Waals surface area contributed by atoms with Gasteiger partial charge in [-0.25, -0.2) is 4.98 Å². The van der Waals surface area contributed by atoms with Gasteiger partial charge in [-0.15, -0.1) is 0 Å². The zero-order valence-electron chi connectivity index (χ0n) is 10.7. The van der Waals surface area contributed by atoms with E-state index in [1.165, 1.54) is 0 Å². The molecule has 0 saturated heterocycles. The number of aliphatic hydroxyl groups excluding tert-OH is 1. The number of hydrogen-bond acceptors (Lipinski definition) is 3. The molecule has 0 bridgehead atoms. The Labute approximate surface area is 107 Å². The fourth-order valence-electron chi connectivity index (χ4n) is 1.84. The quantitative estimate of drug-likeness (QED) is 0.880. The summed E-state index contributed by atoms with van der Waals surface area (Å²) in [6, 6.07) is 7.54. The zero-order valence-corrected chi connectivity index (χ0v) is 10.7. The molecule has 1 unspecified atom stereocenters. The summed E-state index contributed by atoms with van der Waals surface area (Å²) in [6.07, 6.45) is 3.07. The molecule has 18 heavy (non-hydrogen) atoms. The number of benzene rings is 1. The zero-order chi connectivity index (χ0) is 13.0. The van der Waals surface area contributed by atoms with E-state index in [0.29, 0.717) is 13.2 Å². The number of aliphatic hydroxyl groups is 1. The molecule has 0 spiro atoms. The maximum atomic E-state index is 10.1. The Morgan fingerprint density at radius 2 is 2.06 bits per heavy atom. The van der Waals surface area contributed by atoms with Crippen LogP contribution in [0, 0.1) is 6.92 Å². The fourth-order valence-corrected chi connectivity index (χ4v) is 1.84. The molecule has 0 aliphatic rings. The molecule has 1 N–H and O–H groups in total. The van der Waals surface area contributed by atoms with Crippen molar-refractivity contribution in [1.82, 2.24) is 9.55 Å². The Bertz CT molecular complexity index is 491. The number of aryl methyl sites for hydroxylation is 1. The highest BCUT2D eigenvalue weighted by Gasteiger charge is 2.09. The number of imidazole rings is 1. The number of aromatic nitrogens is 2. The van der Waals surface area contributed by atoms with Gasteiger partial charge in [0, 0.05) is 12.4 Å². The molecule has 0 saturated carbocycles. The van der Waals surface area contributed by atoms with Crippen LogP contribution in [0.5, 0.6) is 5.75 Å². The average molecular weight is 246 g/mol. The van der Waals surface area contributed by atoms with Crippen LogP contribution in [-0.4, -0.2) is 21.3 Å². The largest absolute Gasteiger partial charge is 0.494 e. The van der Waals surface area contributed by atoms with Gasteiger partial charge in [0.25, 0.3) is 0 Å². The molecule has 0 aliphatic heterocycles. The minimum absolute atomic E-state index is 0.514. The van der Waals surface area contributed by atoms with E-state index in [0.717, 1.165) is 17.1 Å². The molecule has 1 atom stereocenters. The van der Waals surface area contributed by atoms with Crippen LogP contribution in [0.15, 0.2) is 36.7 Å². The van der Waals surface area contributed by atoms with E-state index in [4.69, 9.17) is 4.74 Å². The van der Waals surface area contributed by atoms with Gasteiger partial charge in [0.05, 0.1) is 19.3 Å². The van der Waals surface area contributed by atoms with Crippen molar-refractivity contribution in [3.8, 4) is 5.75 Å². The predicted molar refractivity (Wildman–Crippen MR) is 69.5 cm³/mol. The van der Waals surface area contributed by atoms with Crippen molar-refractivity contribution in [2.45, 2.75) is 26.5 Å². The summed E-state index contributed by atoms with van der Waals surface area (Å²) in [5.74, 6) is 1.73. The summed E-state index contributed by atoms with van der Waals surface area (Å²) in [6.45, 7) is 5.03. The van der Waals surface area contributed by atoms with E-state index in [-0.39, 0.29) is 0 Å². The smallest absolute Gasteiger partial charge is 0.119 e. The highest BCUT2D eigenvalue weighted by Crippen LogP contribution is 2.19. The molecular weight excluding hydrogens is 228 g/mol. The summed E-state index contributed by atoms with van der Waals surface area (Å²) in [5.41, 5.74) is 0.881. The van der Waals surface area contributed by atoms with E-state index in [9.17, 15) is 5.11 Å². The van der Waals surface area contributed by atoms with Crippen molar-refractivity contribution in [3.63, 3.8) is 0 Å². The van der Waals surface area contributed by atoms with Gasteiger partial charge >= 0.3 is 0 Å². The summed E-state index contributed by atoms with van der Waals surface area (Å²) >= 11 is 0. The van der Waals surface area contributed by atoms with E-state index < -0.39 is 6.10 Å². The van der Waals surface area contributed by atoms with Crippen molar-refractivity contribution in [2.75, 3.05) is 6.61 Å². The number of ether oxygens (including phenoxy) is 1. The predicted octanol–water partition coefficient (Wildman–Crippen LogP) is 2.32. The number of nitrogens with zero attached hydrogens (tertiary/aromatic N) is 2. The third kappa shape index (κ3) is 2.90. The lowest BCUT2D eigenvalue weighted by Gasteiger charge is -2.13. The van der Waals surface area contributed by atoms with Crippen LogP contribution in [-0.2, 0) is 6.54 Å². The highest BCUT2D eigenvalue weighted by molar-refractivity contribution is 5.28. The summed E-state index contributed by atoms with van der Waals surface area (Å²) in [4.78, 5) is 4.13. The van der Waals surface area contributed by atoms with Crippen LogP contribution in [0.1, 0.15) is 24.4 Å². The molecule has 96 valence electrons. The standard InChI is InChI=1S/C14H18N2O2/c1-3-18-13-6-4-12(5-7-13)14(17)10-16-9-8-15-11(16)2/h4-9,14,17H,3,10H2,1-2H3. The molecule has 0 aliphatic carbocycles. The molecule has 1 heterocycles. The fraction of sp³-hybridized carbons (Fsp3) is 0.357. The van der Waals surface area contributed by atoms with Crippen molar-refractivity contribution in [3.05, 3.63) is 48.0 Å². The average Bonchev–Trinajstić information content (AvgIpc) is 2.76. The number of hydrogen-bond donors (Lipinski definition) is 1. The maximum absolute atomic E-state index is 10.1. The molecule has 0 fully saturated rings. The van der Waals surface area contributed by atoms with Gasteiger partial charge in [0.1, 0.15) is 11.6 Å². The van der Waals surface area contributed by atoms with Gasteiger partial charge in [0.15, 0.2) is 0 Å². The second-order valence-electron chi connectivity index (χ2n) is 4.14. The Hall–Kier alpha value is -1.81. The minimum atomic E-state index is -0.534. The van der Waals surface area contributed by atoms with Gasteiger partial charge in [-0.1, -0.05) is 12.1 Å². The molecule has 0 amide bonds.